The largest absolute Gasteiger partial charge is 0.338 e. The Kier molecular flexibility index (Phi) is 3.27. The van der Waals surface area contributed by atoms with Crippen LogP contribution in [0.5, 0.6) is 0 Å². The van der Waals surface area contributed by atoms with Gasteiger partial charge in [-0.3, -0.25) is 4.79 Å². The zero-order valence-corrected chi connectivity index (χ0v) is 11.7. The molecule has 1 amide bonds. The van der Waals surface area contributed by atoms with Gasteiger partial charge in [-0.05, 0) is 43.4 Å². The van der Waals surface area contributed by atoms with Crippen LogP contribution in [-0.2, 0) is 4.79 Å². The smallest absolute Gasteiger partial charge is 0.229 e. The number of nitrogens with zero attached hydrogens (tertiary/aromatic N) is 1. The Labute approximate surface area is 117 Å². The number of hydrogen-bond donors (Lipinski definition) is 0. The van der Waals surface area contributed by atoms with Gasteiger partial charge >= 0.3 is 0 Å². The number of piperidine rings is 1. The molecule has 1 heterocycles. The third-order valence-corrected chi connectivity index (χ3v) is 4.97. The molecule has 1 aliphatic carbocycles. The maximum atomic E-state index is 13.4. The lowest BCUT2D eigenvalue weighted by Gasteiger charge is -2.43. The van der Waals surface area contributed by atoms with E-state index in [4.69, 9.17) is 0 Å². The minimum absolute atomic E-state index is 0.149. The fourth-order valence-corrected chi connectivity index (χ4v) is 3.90. The summed E-state index contributed by atoms with van der Waals surface area (Å²) in [5.41, 5.74) is 0.364. The molecule has 0 N–H and O–H groups in total. The molecule has 1 spiro atoms. The Balaban J connectivity index is 1.88. The molecule has 0 radical (unpaired) electrons. The molecule has 2 aliphatic rings. The van der Waals surface area contributed by atoms with Crippen molar-refractivity contribution in [3.63, 3.8) is 0 Å². The Morgan fingerprint density at radius 1 is 1.10 bits per heavy atom. The summed E-state index contributed by atoms with van der Waals surface area (Å²) in [6.07, 6.45) is 5.75. The number of amides is 1. The summed E-state index contributed by atoms with van der Waals surface area (Å²) in [6, 6.07) is 3.33. The van der Waals surface area contributed by atoms with Crippen LogP contribution in [0.2, 0.25) is 0 Å². The average molecular weight is 279 g/mol. The highest BCUT2D eigenvalue weighted by atomic mass is 19.1. The minimum atomic E-state index is -0.581. The first-order chi connectivity index (χ1) is 9.52. The van der Waals surface area contributed by atoms with Gasteiger partial charge in [0, 0.05) is 18.5 Å². The van der Waals surface area contributed by atoms with Crippen molar-refractivity contribution < 1.29 is 13.6 Å². The van der Waals surface area contributed by atoms with E-state index in [-0.39, 0.29) is 17.4 Å². The summed E-state index contributed by atoms with van der Waals surface area (Å²) in [6.45, 7) is 0. The first kappa shape index (κ1) is 13.5. The highest BCUT2D eigenvalue weighted by Gasteiger charge is 2.47. The normalized spacial score (nSPS) is 25.4. The number of carbonyl (C=O) groups excluding carboxylic acids is 1. The maximum absolute atomic E-state index is 13.4. The summed E-state index contributed by atoms with van der Waals surface area (Å²) in [5, 5.41) is 0. The van der Waals surface area contributed by atoms with E-state index in [1.165, 1.54) is 12.1 Å². The quantitative estimate of drug-likeness (QED) is 0.765. The molecule has 4 heteroatoms. The average Bonchev–Trinajstić information content (AvgIpc) is 2.85. The van der Waals surface area contributed by atoms with E-state index in [0.29, 0.717) is 5.56 Å². The molecule has 20 heavy (non-hydrogen) atoms. The zero-order chi connectivity index (χ0) is 14.3. The molecular weight excluding hydrogens is 260 g/mol. The lowest BCUT2D eigenvalue weighted by molar-refractivity contribution is -0.148. The van der Waals surface area contributed by atoms with Gasteiger partial charge in [0.1, 0.15) is 11.6 Å². The molecule has 1 aromatic carbocycles. The Bertz CT molecular complexity index is 517. The molecule has 1 aliphatic heterocycles. The second kappa shape index (κ2) is 4.83. The van der Waals surface area contributed by atoms with Gasteiger partial charge in [0.15, 0.2) is 0 Å². The van der Waals surface area contributed by atoms with Crippen LogP contribution in [-0.4, -0.2) is 17.9 Å². The zero-order valence-electron chi connectivity index (χ0n) is 11.7. The third kappa shape index (κ3) is 2.11. The van der Waals surface area contributed by atoms with Gasteiger partial charge in [-0.15, -0.1) is 0 Å². The fourth-order valence-electron chi connectivity index (χ4n) is 3.90. The molecular formula is C16H19F2NO. The molecule has 1 aromatic rings. The molecule has 3 rings (SSSR count). The minimum Gasteiger partial charge on any atom is -0.338 e. The molecule has 108 valence electrons. The van der Waals surface area contributed by atoms with Crippen molar-refractivity contribution in [2.75, 3.05) is 7.05 Å². The van der Waals surface area contributed by atoms with Crippen molar-refractivity contribution >= 4 is 5.91 Å². The van der Waals surface area contributed by atoms with E-state index in [1.54, 1.807) is 11.9 Å². The second-order valence-electron chi connectivity index (χ2n) is 6.16. The highest BCUT2D eigenvalue weighted by Crippen LogP contribution is 2.49. The van der Waals surface area contributed by atoms with Crippen LogP contribution < -0.4 is 0 Å². The van der Waals surface area contributed by atoms with E-state index >= 15 is 0 Å². The van der Waals surface area contributed by atoms with Crippen LogP contribution in [0.4, 0.5) is 8.78 Å². The van der Waals surface area contributed by atoms with Crippen LogP contribution >= 0.6 is 0 Å². The predicted octanol–water partition coefficient (Wildman–Crippen LogP) is 3.82. The molecule has 1 saturated heterocycles. The fraction of sp³-hybridized carbons (Fsp3) is 0.562. The first-order valence-electron chi connectivity index (χ1n) is 7.25. The van der Waals surface area contributed by atoms with Gasteiger partial charge in [-0.2, -0.15) is 0 Å². The number of hydrogen-bond acceptors (Lipinski definition) is 1. The molecule has 2 fully saturated rings. The van der Waals surface area contributed by atoms with E-state index < -0.39 is 11.6 Å². The standard InChI is InChI=1S/C16H19F2NO/c1-19-14(11-8-12(17)10-13(18)9-11)4-7-16(15(19)20)5-2-3-6-16/h8-10,14H,2-7H2,1H3/t14-/m0/s1. The van der Waals surface area contributed by atoms with Gasteiger partial charge in [-0.25, -0.2) is 8.78 Å². The van der Waals surface area contributed by atoms with Gasteiger partial charge in [0.25, 0.3) is 0 Å². The Morgan fingerprint density at radius 3 is 2.30 bits per heavy atom. The topological polar surface area (TPSA) is 20.3 Å². The first-order valence-corrected chi connectivity index (χ1v) is 7.25. The van der Waals surface area contributed by atoms with Crippen LogP contribution in [0, 0.1) is 17.0 Å². The monoisotopic (exact) mass is 279 g/mol. The van der Waals surface area contributed by atoms with E-state index in [2.05, 4.69) is 0 Å². The number of likely N-dealkylation sites (tertiary alicyclic amines) is 1. The van der Waals surface area contributed by atoms with Gasteiger partial charge < -0.3 is 4.90 Å². The van der Waals surface area contributed by atoms with Crippen molar-refractivity contribution in [3.8, 4) is 0 Å². The number of halogens is 2. The number of benzene rings is 1. The van der Waals surface area contributed by atoms with Crippen molar-refractivity contribution in [2.45, 2.75) is 44.6 Å². The third-order valence-electron chi connectivity index (χ3n) is 4.97. The van der Waals surface area contributed by atoms with Crippen molar-refractivity contribution in [1.82, 2.24) is 4.90 Å². The van der Waals surface area contributed by atoms with Crippen LogP contribution in [0.1, 0.15) is 50.1 Å². The highest BCUT2D eigenvalue weighted by molar-refractivity contribution is 5.84. The van der Waals surface area contributed by atoms with Gasteiger partial charge in [0.05, 0.1) is 6.04 Å². The van der Waals surface area contributed by atoms with Gasteiger partial charge in [0.2, 0.25) is 5.91 Å². The number of rotatable bonds is 1. The summed E-state index contributed by atoms with van der Waals surface area (Å²) >= 11 is 0. The van der Waals surface area contributed by atoms with Gasteiger partial charge in [-0.1, -0.05) is 12.8 Å². The molecule has 0 aromatic heterocycles. The second-order valence-corrected chi connectivity index (χ2v) is 6.16. The summed E-state index contributed by atoms with van der Waals surface area (Å²) in [7, 11) is 1.76. The van der Waals surface area contributed by atoms with Crippen LogP contribution in [0.3, 0.4) is 0 Å². The maximum Gasteiger partial charge on any atom is 0.229 e. The SMILES string of the molecule is CN1C(=O)C2(CCCC2)CC[C@H]1c1cc(F)cc(F)c1. The van der Waals surface area contributed by atoms with Crippen molar-refractivity contribution in [1.29, 1.82) is 0 Å². The molecule has 2 nitrogen and oxygen atoms in total. The van der Waals surface area contributed by atoms with E-state index in [1.807, 2.05) is 0 Å². The predicted molar refractivity (Wildman–Crippen MR) is 72.0 cm³/mol. The van der Waals surface area contributed by atoms with E-state index in [9.17, 15) is 13.6 Å². The van der Waals surface area contributed by atoms with Crippen LogP contribution in [0.25, 0.3) is 0 Å². The van der Waals surface area contributed by atoms with Crippen molar-refractivity contribution in [2.24, 2.45) is 5.41 Å². The molecule has 0 bridgehead atoms. The van der Waals surface area contributed by atoms with E-state index in [0.717, 1.165) is 44.6 Å². The van der Waals surface area contributed by atoms with Crippen LogP contribution in [0.15, 0.2) is 18.2 Å². The lowest BCUT2D eigenvalue weighted by atomic mass is 9.74. The van der Waals surface area contributed by atoms with Crippen molar-refractivity contribution in [3.05, 3.63) is 35.4 Å². The number of carbonyl (C=O) groups is 1. The molecule has 0 unspecified atom stereocenters. The summed E-state index contributed by atoms with van der Waals surface area (Å²) in [4.78, 5) is 14.3. The summed E-state index contributed by atoms with van der Waals surface area (Å²) < 4.78 is 26.7. The lowest BCUT2D eigenvalue weighted by Crippen LogP contribution is -2.47. The Morgan fingerprint density at radius 2 is 1.70 bits per heavy atom. The molecule has 1 atom stereocenters. The summed E-state index contributed by atoms with van der Waals surface area (Å²) in [5.74, 6) is -1.01. The molecule has 1 saturated carbocycles. The Hall–Kier alpha value is -1.45.